The topological polar surface area (TPSA) is 53.0 Å². The van der Waals surface area contributed by atoms with Crippen LogP contribution >= 0.6 is 0 Å². The molecule has 1 N–H and O–H groups in total. The number of phenols is 1. The minimum absolute atomic E-state index is 0.0632. The number of piperidine rings is 1. The third-order valence-electron chi connectivity index (χ3n) is 6.11. The smallest absolute Gasteiger partial charge is 0.253 e. The van der Waals surface area contributed by atoms with Gasteiger partial charge >= 0.3 is 0 Å². The molecule has 0 aliphatic carbocycles. The summed E-state index contributed by atoms with van der Waals surface area (Å²) in [5.74, 6) is -0.0237. The van der Waals surface area contributed by atoms with E-state index in [4.69, 9.17) is 4.74 Å². The second kappa shape index (κ2) is 7.76. The number of nitrogens with zero attached hydrogens (tertiary/aromatic N) is 2. The van der Waals surface area contributed by atoms with Gasteiger partial charge in [0.1, 0.15) is 18.2 Å². The fourth-order valence-corrected chi connectivity index (χ4v) is 4.39. The summed E-state index contributed by atoms with van der Waals surface area (Å²) in [4.78, 5) is 16.5. The van der Waals surface area contributed by atoms with Crippen molar-refractivity contribution in [1.29, 1.82) is 0 Å². The molecule has 2 saturated heterocycles. The first-order valence-corrected chi connectivity index (χ1v) is 10.1. The molecule has 0 atom stereocenters. The van der Waals surface area contributed by atoms with Crippen LogP contribution in [-0.2, 0) is 16.1 Å². The third-order valence-corrected chi connectivity index (χ3v) is 6.11. The molecule has 2 heterocycles. The molecule has 154 valence electrons. The van der Waals surface area contributed by atoms with Gasteiger partial charge in [0, 0.05) is 25.3 Å². The first-order chi connectivity index (χ1) is 13.8. The summed E-state index contributed by atoms with van der Waals surface area (Å²) >= 11 is 0. The molecule has 2 aromatic rings. The molecule has 0 saturated carbocycles. The van der Waals surface area contributed by atoms with E-state index in [0.29, 0.717) is 12.3 Å². The van der Waals surface area contributed by atoms with Crippen LogP contribution in [-0.4, -0.2) is 47.8 Å². The zero-order valence-corrected chi connectivity index (χ0v) is 16.9. The fourth-order valence-electron chi connectivity index (χ4n) is 4.39. The van der Waals surface area contributed by atoms with Gasteiger partial charge in [-0.15, -0.1) is 0 Å². The molecular formula is C23H27FN2O3. The van der Waals surface area contributed by atoms with E-state index in [1.54, 1.807) is 17.0 Å². The zero-order valence-electron chi connectivity index (χ0n) is 16.9. The predicted molar refractivity (Wildman–Crippen MR) is 110 cm³/mol. The van der Waals surface area contributed by atoms with Crippen LogP contribution in [0, 0.1) is 19.7 Å². The SMILES string of the molecule is Cc1cc(CN2CCC3(CC2)CN(c2ccc(F)cc2)C(=O)CO3)cc(C)c1O. The number of ether oxygens (including phenoxy) is 1. The maximum absolute atomic E-state index is 13.2. The number of hydrogen-bond donors (Lipinski definition) is 1. The Balaban J connectivity index is 1.41. The van der Waals surface area contributed by atoms with E-state index in [-0.39, 0.29) is 23.9 Å². The molecule has 5 nitrogen and oxygen atoms in total. The van der Waals surface area contributed by atoms with Gasteiger partial charge < -0.3 is 14.7 Å². The van der Waals surface area contributed by atoms with Crippen LogP contribution in [0.2, 0.25) is 0 Å². The van der Waals surface area contributed by atoms with Gasteiger partial charge in [-0.25, -0.2) is 4.39 Å². The maximum atomic E-state index is 13.2. The molecule has 2 aromatic carbocycles. The summed E-state index contributed by atoms with van der Waals surface area (Å²) in [6, 6.07) is 10.1. The fraction of sp³-hybridized carbons (Fsp3) is 0.435. The number of benzene rings is 2. The van der Waals surface area contributed by atoms with E-state index < -0.39 is 0 Å². The molecule has 1 spiro atoms. The lowest BCUT2D eigenvalue weighted by atomic mass is 9.88. The maximum Gasteiger partial charge on any atom is 0.253 e. The summed E-state index contributed by atoms with van der Waals surface area (Å²) in [5, 5.41) is 9.97. The minimum Gasteiger partial charge on any atom is -0.507 e. The van der Waals surface area contributed by atoms with Crippen molar-refractivity contribution in [3.05, 3.63) is 58.9 Å². The quantitative estimate of drug-likeness (QED) is 0.859. The Bertz CT molecular complexity index is 882. The first-order valence-electron chi connectivity index (χ1n) is 10.1. The van der Waals surface area contributed by atoms with Crippen molar-refractivity contribution < 1.29 is 19.0 Å². The molecule has 1 amide bonds. The predicted octanol–water partition coefficient (Wildman–Crippen LogP) is 3.55. The molecule has 0 unspecified atom stereocenters. The van der Waals surface area contributed by atoms with Gasteiger partial charge in [0.2, 0.25) is 0 Å². The van der Waals surface area contributed by atoms with Gasteiger partial charge in [-0.05, 0) is 67.6 Å². The van der Waals surface area contributed by atoms with Gasteiger partial charge in [-0.2, -0.15) is 0 Å². The van der Waals surface area contributed by atoms with E-state index in [2.05, 4.69) is 4.90 Å². The average molecular weight is 398 g/mol. The highest BCUT2D eigenvalue weighted by Gasteiger charge is 2.42. The largest absolute Gasteiger partial charge is 0.507 e. The van der Waals surface area contributed by atoms with Crippen LogP contribution in [0.25, 0.3) is 0 Å². The van der Waals surface area contributed by atoms with E-state index >= 15 is 0 Å². The highest BCUT2D eigenvalue weighted by molar-refractivity contribution is 5.95. The van der Waals surface area contributed by atoms with Crippen LogP contribution in [0.1, 0.15) is 29.5 Å². The molecular weight excluding hydrogens is 371 g/mol. The Morgan fingerprint density at radius 2 is 1.72 bits per heavy atom. The highest BCUT2D eigenvalue weighted by atomic mass is 19.1. The standard InChI is InChI=1S/C23H27FN2O3/c1-16-11-18(12-17(2)22(16)28)13-25-9-7-23(8-10-25)15-26(21(27)14-29-23)20-5-3-19(24)4-6-20/h3-6,11-12,28H,7-10,13-15H2,1-2H3. The number of aryl methyl sites for hydroxylation is 2. The van der Waals surface area contributed by atoms with Crippen molar-refractivity contribution in [2.75, 3.05) is 31.1 Å². The van der Waals surface area contributed by atoms with Gasteiger partial charge in [0.25, 0.3) is 5.91 Å². The molecule has 4 rings (SSSR count). The number of rotatable bonds is 3. The molecule has 6 heteroatoms. The van der Waals surface area contributed by atoms with E-state index in [1.165, 1.54) is 17.7 Å². The Hall–Kier alpha value is -2.44. The van der Waals surface area contributed by atoms with Crippen molar-refractivity contribution >= 4 is 11.6 Å². The van der Waals surface area contributed by atoms with Crippen LogP contribution < -0.4 is 4.90 Å². The molecule has 0 bridgehead atoms. The van der Waals surface area contributed by atoms with E-state index in [9.17, 15) is 14.3 Å². The number of amides is 1. The number of halogens is 1. The molecule has 0 radical (unpaired) electrons. The summed E-state index contributed by atoms with van der Waals surface area (Å²) in [6.07, 6.45) is 1.68. The molecule has 0 aromatic heterocycles. The summed E-state index contributed by atoms with van der Waals surface area (Å²) < 4.78 is 19.3. The van der Waals surface area contributed by atoms with Crippen molar-refractivity contribution in [3.8, 4) is 5.75 Å². The summed E-state index contributed by atoms with van der Waals surface area (Å²) in [6.45, 7) is 7.01. The number of aromatic hydroxyl groups is 1. The molecule has 2 aliphatic rings. The Labute approximate surface area is 170 Å². The molecule has 2 fully saturated rings. The van der Waals surface area contributed by atoms with Gasteiger partial charge in [0.15, 0.2) is 0 Å². The summed E-state index contributed by atoms with van der Waals surface area (Å²) in [7, 11) is 0. The second-order valence-corrected chi connectivity index (χ2v) is 8.28. The Kier molecular flexibility index (Phi) is 5.32. The van der Waals surface area contributed by atoms with Crippen molar-refractivity contribution in [2.24, 2.45) is 0 Å². The lowest BCUT2D eigenvalue weighted by Crippen LogP contribution is -2.58. The normalized spacial score (nSPS) is 19.7. The molecule has 2 aliphatic heterocycles. The first kappa shape index (κ1) is 19.9. The Morgan fingerprint density at radius 1 is 1.10 bits per heavy atom. The van der Waals surface area contributed by atoms with Crippen molar-refractivity contribution in [2.45, 2.75) is 38.8 Å². The number of phenolic OH excluding ortho intramolecular Hbond substituents is 1. The van der Waals surface area contributed by atoms with E-state index in [1.807, 2.05) is 26.0 Å². The number of carbonyl (C=O) groups excluding carboxylic acids is 1. The third kappa shape index (κ3) is 4.14. The monoisotopic (exact) mass is 398 g/mol. The van der Waals surface area contributed by atoms with Crippen molar-refractivity contribution in [1.82, 2.24) is 4.90 Å². The van der Waals surface area contributed by atoms with Gasteiger partial charge in [0.05, 0.1) is 12.1 Å². The van der Waals surface area contributed by atoms with Gasteiger partial charge in [-0.1, -0.05) is 12.1 Å². The number of anilines is 1. The lowest BCUT2D eigenvalue weighted by molar-refractivity contribution is -0.144. The van der Waals surface area contributed by atoms with Gasteiger partial charge in [-0.3, -0.25) is 9.69 Å². The van der Waals surface area contributed by atoms with Crippen LogP contribution in [0.5, 0.6) is 5.75 Å². The average Bonchev–Trinajstić information content (AvgIpc) is 2.71. The second-order valence-electron chi connectivity index (χ2n) is 8.28. The number of morpholine rings is 1. The number of hydrogen-bond acceptors (Lipinski definition) is 4. The van der Waals surface area contributed by atoms with Crippen LogP contribution in [0.3, 0.4) is 0 Å². The number of carbonyl (C=O) groups is 1. The summed E-state index contributed by atoms with van der Waals surface area (Å²) in [5.41, 5.74) is 3.37. The van der Waals surface area contributed by atoms with E-state index in [0.717, 1.165) is 49.3 Å². The molecule has 29 heavy (non-hydrogen) atoms. The lowest BCUT2D eigenvalue weighted by Gasteiger charge is -2.47. The van der Waals surface area contributed by atoms with Crippen molar-refractivity contribution in [3.63, 3.8) is 0 Å². The number of likely N-dealkylation sites (tertiary alicyclic amines) is 1. The van der Waals surface area contributed by atoms with Crippen LogP contribution in [0.15, 0.2) is 36.4 Å². The Morgan fingerprint density at radius 3 is 2.34 bits per heavy atom. The highest BCUT2D eigenvalue weighted by Crippen LogP contribution is 2.33. The van der Waals surface area contributed by atoms with Crippen LogP contribution in [0.4, 0.5) is 10.1 Å². The minimum atomic E-state index is -0.348. The zero-order chi connectivity index (χ0) is 20.6.